The molecule has 0 aliphatic carbocycles. The maximum atomic E-state index is 9.72. The highest BCUT2D eigenvalue weighted by molar-refractivity contribution is 9.10. The number of aliphatic imine (C=N–C) groups is 1. The highest BCUT2D eigenvalue weighted by Gasteiger charge is 2.11. The fourth-order valence-electron chi connectivity index (χ4n) is 3.18. The highest BCUT2D eigenvalue weighted by Crippen LogP contribution is 2.21. The lowest BCUT2D eigenvalue weighted by Gasteiger charge is -2.17. The van der Waals surface area contributed by atoms with Crippen LogP contribution in [0, 0.1) is 18.8 Å². The number of allylic oxidation sites excluding steroid dienone is 2. The summed E-state index contributed by atoms with van der Waals surface area (Å²) < 4.78 is 0.817. The van der Waals surface area contributed by atoms with Crippen LogP contribution in [0.2, 0.25) is 0 Å². The van der Waals surface area contributed by atoms with Gasteiger partial charge in [-0.25, -0.2) is 0 Å². The van der Waals surface area contributed by atoms with E-state index < -0.39 is 0 Å². The minimum atomic E-state index is 0.208. The van der Waals surface area contributed by atoms with Gasteiger partial charge in [0.2, 0.25) is 0 Å². The Hall–Kier alpha value is -1.56. The van der Waals surface area contributed by atoms with Gasteiger partial charge in [-0.3, -0.25) is 4.99 Å². The zero-order valence-electron chi connectivity index (χ0n) is 22.3. The number of benzene rings is 2. The number of rotatable bonds is 11. The van der Waals surface area contributed by atoms with Gasteiger partial charge in [0.25, 0.3) is 0 Å². The van der Waals surface area contributed by atoms with Crippen LogP contribution in [0.5, 0.6) is 5.75 Å². The van der Waals surface area contributed by atoms with Crippen LogP contribution < -0.4 is 5.32 Å². The molecular formula is C30H41Br2ClN2O. The van der Waals surface area contributed by atoms with Gasteiger partial charge in [-0.1, -0.05) is 120 Å². The zero-order valence-corrected chi connectivity index (χ0v) is 26.2. The summed E-state index contributed by atoms with van der Waals surface area (Å²) in [7, 11) is 0. The molecule has 3 nitrogen and oxygen atoms in total. The van der Waals surface area contributed by atoms with Gasteiger partial charge in [-0.15, -0.1) is 0 Å². The number of phenolic OH excluding ortho intramolecular Hbond substituents is 1. The number of nitrogens with zero attached hydrogens (tertiary/aromatic N) is 1. The topological polar surface area (TPSA) is 44.6 Å². The van der Waals surface area contributed by atoms with Crippen molar-refractivity contribution in [1.29, 1.82) is 0 Å². The SMILES string of the molecule is C=C(NC(=NCc1cc(O)cc(Br)c1)/C(Cl)=C\C(C)CC)C(C)CC.Cc1cccc(CCCBr)c1. The standard InChI is InChI=1S/C20H28BrClN2O.C10H13Br/c1-6-13(3)8-19(22)20(24-15(5)14(4)7-2)23-12-16-9-17(21)11-18(25)10-16;1-9-4-2-5-10(8-9)6-3-7-11/h8-11,13-14,25H,5-7,12H2,1-4H3,(H,23,24);2,4-5,8H,3,6-7H2,1H3/b19-8+;. The molecule has 198 valence electrons. The van der Waals surface area contributed by atoms with Crippen molar-refractivity contribution in [3.63, 3.8) is 0 Å². The van der Waals surface area contributed by atoms with Gasteiger partial charge in [0, 0.05) is 15.5 Å². The second-order valence-corrected chi connectivity index (χ2v) is 11.2. The van der Waals surface area contributed by atoms with Crippen molar-refractivity contribution < 1.29 is 5.11 Å². The summed E-state index contributed by atoms with van der Waals surface area (Å²) in [5, 5.41) is 14.7. The maximum absolute atomic E-state index is 9.72. The van der Waals surface area contributed by atoms with E-state index in [1.807, 2.05) is 12.1 Å². The van der Waals surface area contributed by atoms with Crippen LogP contribution in [0.15, 0.2) is 75.3 Å². The summed E-state index contributed by atoms with van der Waals surface area (Å²) in [5.41, 5.74) is 4.60. The van der Waals surface area contributed by atoms with Crippen molar-refractivity contribution in [1.82, 2.24) is 5.32 Å². The van der Waals surface area contributed by atoms with Crippen LogP contribution >= 0.6 is 43.5 Å². The molecule has 0 aromatic heterocycles. The van der Waals surface area contributed by atoms with E-state index in [9.17, 15) is 5.11 Å². The van der Waals surface area contributed by atoms with Crippen LogP contribution in [0.3, 0.4) is 0 Å². The minimum absolute atomic E-state index is 0.208. The third-order valence-corrected chi connectivity index (χ3v) is 7.15. The second-order valence-electron chi connectivity index (χ2n) is 9.12. The highest BCUT2D eigenvalue weighted by atomic mass is 79.9. The molecule has 0 aliphatic heterocycles. The Morgan fingerprint density at radius 2 is 1.86 bits per heavy atom. The van der Waals surface area contributed by atoms with E-state index >= 15 is 0 Å². The van der Waals surface area contributed by atoms with Crippen LogP contribution in [0.25, 0.3) is 0 Å². The first kappa shape index (κ1) is 32.5. The van der Waals surface area contributed by atoms with E-state index in [0.29, 0.717) is 29.2 Å². The Bertz CT molecular complexity index is 1000. The molecule has 2 N–H and O–H groups in total. The van der Waals surface area contributed by atoms with Gasteiger partial charge in [0.15, 0.2) is 0 Å². The van der Waals surface area contributed by atoms with Gasteiger partial charge >= 0.3 is 0 Å². The summed E-state index contributed by atoms with van der Waals surface area (Å²) in [6.45, 7) is 15.1. The second kappa shape index (κ2) is 17.8. The van der Waals surface area contributed by atoms with Gasteiger partial charge < -0.3 is 10.4 Å². The number of hydrogen-bond acceptors (Lipinski definition) is 2. The molecule has 36 heavy (non-hydrogen) atoms. The third kappa shape index (κ3) is 13.1. The average molecular weight is 641 g/mol. The normalized spacial score (nSPS) is 13.4. The molecule has 0 amide bonds. The predicted octanol–water partition coefficient (Wildman–Crippen LogP) is 9.69. The summed E-state index contributed by atoms with van der Waals surface area (Å²) in [6.07, 6.45) is 6.42. The van der Waals surface area contributed by atoms with E-state index in [4.69, 9.17) is 11.6 Å². The number of aryl methyl sites for hydroxylation is 2. The molecule has 6 heteroatoms. The van der Waals surface area contributed by atoms with Gasteiger partial charge in [0.05, 0.1) is 11.6 Å². The zero-order chi connectivity index (χ0) is 27.1. The molecule has 0 aliphatic rings. The van der Waals surface area contributed by atoms with Crippen LogP contribution in [-0.2, 0) is 13.0 Å². The Morgan fingerprint density at radius 3 is 2.44 bits per heavy atom. The Balaban J connectivity index is 0.000000488. The number of amidine groups is 1. The van der Waals surface area contributed by atoms with E-state index in [0.717, 1.165) is 33.9 Å². The summed E-state index contributed by atoms with van der Waals surface area (Å²) >= 11 is 13.3. The molecule has 2 unspecified atom stereocenters. The van der Waals surface area contributed by atoms with E-state index in [1.54, 1.807) is 12.1 Å². The largest absolute Gasteiger partial charge is 0.508 e. The Morgan fingerprint density at radius 1 is 1.14 bits per heavy atom. The number of alkyl halides is 1. The van der Waals surface area contributed by atoms with Crippen molar-refractivity contribution in [3.8, 4) is 5.75 Å². The smallest absolute Gasteiger partial charge is 0.144 e. The van der Waals surface area contributed by atoms with Gasteiger partial charge in [-0.2, -0.15) is 0 Å². The lowest BCUT2D eigenvalue weighted by molar-refractivity contribution is 0.474. The number of phenols is 1. The average Bonchev–Trinajstić information content (AvgIpc) is 2.84. The molecule has 2 aromatic rings. The lowest BCUT2D eigenvalue weighted by atomic mass is 10.1. The summed E-state index contributed by atoms with van der Waals surface area (Å²) in [5.74, 6) is 1.52. The van der Waals surface area contributed by atoms with Crippen molar-refractivity contribution in [2.75, 3.05) is 5.33 Å². The molecule has 2 aromatic carbocycles. The summed E-state index contributed by atoms with van der Waals surface area (Å²) in [4.78, 5) is 4.63. The fourth-order valence-corrected chi connectivity index (χ4v) is 4.31. The number of hydrogen-bond donors (Lipinski definition) is 2. The number of halogens is 3. The first-order valence-corrected chi connectivity index (χ1v) is 14.9. The molecule has 0 saturated heterocycles. The van der Waals surface area contributed by atoms with Crippen molar-refractivity contribution in [3.05, 3.63) is 87.0 Å². The molecule has 2 atom stereocenters. The molecule has 0 heterocycles. The number of nitrogens with one attached hydrogen (secondary N) is 1. The molecule has 2 rings (SSSR count). The quantitative estimate of drug-likeness (QED) is 0.146. The van der Waals surface area contributed by atoms with E-state index in [2.05, 4.69) is 108 Å². The molecular weight excluding hydrogens is 600 g/mol. The fraction of sp³-hybridized carbons (Fsp3) is 0.433. The van der Waals surface area contributed by atoms with Crippen molar-refractivity contribution in [2.45, 2.75) is 66.8 Å². The van der Waals surface area contributed by atoms with Crippen molar-refractivity contribution in [2.24, 2.45) is 16.8 Å². The lowest BCUT2D eigenvalue weighted by Crippen LogP contribution is -2.26. The van der Waals surface area contributed by atoms with Crippen LogP contribution in [-0.4, -0.2) is 16.3 Å². The predicted molar refractivity (Wildman–Crippen MR) is 165 cm³/mol. The third-order valence-electron chi connectivity index (χ3n) is 5.83. The summed E-state index contributed by atoms with van der Waals surface area (Å²) in [6, 6.07) is 14.0. The maximum Gasteiger partial charge on any atom is 0.144 e. The monoisotopic (exact) mass is 638 g/mol. The molecule has 0 saturated carbocycles. The molecule has 0 fully saturated rings. The minimum Gasteiger partial charge on any atom is -0.508 e. The van der Waals surface area contributed by atoms with Crippen LogP contribution in [0.1, 0.15) is 63.6 Å². The molecule has 0 radical (unpaired) electrons. The van der Waals surface area contributed by atoms with Gasteiger partial charge in [0.1, 0.15) is 11.6 Å². The molecule has 0 bridgehead atoms. The first-order valence-electron chi connectivity index (χ1n) is 12.6. The Labute approximate surface area is 240 Å². The van der Waals surface area contributed by atoms with Crippen molar-refractivity contribution >= 4 is 49.3 Å². The molecule has 0 spiro atoms. The van der Waals surface area contributed by atoms with E-state index in [1.165, 1.54) is 24.0 Å². The van der Waals surface area contributed by atoms with E-state index in [-0.39, 0.29) is 5.75 Å². The number of aromatic hydroxyl groups is 1. The Kier molecular flexibility index (Phi) is 16.1. The van der Waals surface area contributed by atoms with Crippen LogP contribution in [0.4, 0.5) is 0 Å². The van der Waals surface area contributed by atoms with Gasteiger partial charge in [-0.05, 0) is 67.3 Å². The first-order chi connectivity index (χ1) is 17.1.